The van der Waals surface area contributed by atoms with E-state index in [1.54, 1.807) is 27.7 Å². The number of carboxylic acid groups (broad SMARTS) is 1. The quantitative estimate of drug-likeness (QED) is 0.715. The summed E-state index contributed by atoms with van der Waals surface area (Å²) in [6.45, 7) is 7.05. The van der Waals surface area contributed by atoms with E-state index in [0.29, 0.717) is 0 Å². The molecule has 1 amide bonds. The number of ether oxygens (including phenoxy) is 1. The fourth-order valence-electron chi connectivity index (χ4n) is 1.20. The number of hydrogen-bond acceptors (Lipinski definition) is 3. The molecule has 5 nitrogen and oxygen atoms in total. The van der Waals surface area contributed by atoms with Crippen LogP contribution in [0.5, 0.6) is 0 Å². The predicted molar refractivity (Wildman–Crippen MR) is 60.1 cm³/mol. The summed E-state index contributed by atoms with van der Waals surface area (Å²) in [6, 6.07) is -0.847. The minimum absolute atomic E-state index is 0.139. The van der Waals surface area contributed by atoms with Gasteiger partial charge in [0.15, 0.2) is 0 Å². The molecule has 0 rings (SSSR count). The van der Waals surface area contributed by atoms with Gasteiger partial charge in [-0.25, -0.2) is 4.79 Å². The molecule has 0 saturated carbocycles. The standard InChI is InChI=1S/C11H21NO4/c1-7(2)9(10(14)15)12-8(13)6-11(3,4)16-5/h7,9H,6H2,1-5H3,(H,12,13)(H,14,15). The number of carboxylic acids is 1. The number of amides is 1. The van der Waals surface area contributed by atoms with E-state index < -0.39 is 17.6 Å². The Labute approximate surface area is 96.2 Å². The van der Waals surface area contributed by atoms with Crippen molar-refractivity contribution < 1.29 is 19.4 Å². The Morgan fingerprint density at radius 3 is 2.19 bits per heavy atom. The van der Waals surface area contributed by atoms with Gasteiger partial charge in [0, 0.05) is 7.11 Å². The van der Waals surface area contributed by atoms with E-state index in [1.165, 1.54) is 7.11 Å². The summed E-state index contributed by atoms with van der Waals surface area (Å²) in [5.41, 5.74) is -0.579. The molecular weight excluding hydrogens is 210 g/mol. The van der Waals surface area contributed by atoms with Crippen molar-refractivity contribution in [2.75, 3.05) is 7.11 Å². The fourth-order valence-corrected chi connectivity index (χ4v) is 1.20. The number of carbonyl (C=O) groups is 2. The van der Waals surface area contributed by atoms with Crippen LogP contribution in [0.1, 0.15) is 34.1 Å². The lowest BCUT2D eigenvalue weighted by Gasteiger charge is -2.24. The first-order valence-electron chi connectivity index (χ1n) is 5.27. The molecule has 2 N–H and O–H groups in total. The van der Waals surface area contributed by atoms with Crippen LogP contribution in [0.3, 0.4) is 0 Å². The summed E-state index contributed by atoms with van der Waals surface area (Å²) in [5, 5.41) is 11.4. The van der Waals surface area contributed by atoms with Gasteiger partial charge in [-0.1, -0.05) is 13.8 Å². The lowest BCUT2D eigenvalue weighted by atomic mass is 10.0. The Hall–Kier alpha value is -1.10. The summed E-state index contributed by atoms with van der Waals surface area (Å²) in [6.07, 6.45) is 0.139. The molecule has 0 spiro atoms. The van der Waals surface area contributed by atoms with Gasteiger partial charge >= 0.3 is 5.97 Å². The van der Waals surface area contributed by atoms with E-state index in [4.69, 9.17) is 9.84 Å². The van der Waals surface area contributed by atoms with E-state index in [0.717, 1.165) is 0 Å². The second-order valence-corrected chi connectivity index (χ2v) is 4.77. The van der Waals surface area contributed by atoms with Crippen molar-refractivity contribution in [1.29, 1.82) is 0 Å². The molecule has 0 aromatic carbocycles. The number of carbonyl (C=O) groups excluding carboxylic acids is 1. The SMILES string of the molecule is COC(C)(C)CC(=O)NC(C(=O)O)C(C)C. The van der Waals surface area contributed by atoms with Gasteiger partial charge in [0.2, 0.25) is 5.91 Å². The summed E-state index contributed by atoms with van der Waals surface area (Å²) in [4.78, 5) is 22.4. The Morgan fingerprint density at radius 2 is 1.88 bits per heavy atom. The van der Waals surface area contributed by atoms with Crippen LogP contribution in [0.2, 0.25) is 0 Å². The molecule has 0 saturated heterocycles. The molecule has 5 heteroatoms. The summed E-state index contributed by atoms with van der Waals surface area (Å²) in [7, 11) is 1.52. The maximum absolute atomic E-state index is 11.6. The van der Waals surface area contributed by atoms with Crippen molar-refractivity contribution in [1.82, 2.24) is 5.32 Å². The summed E-state index contributed by atoms with van der Waals surface area (Å²) in [5.74, 6) is -1.47. The molecule has 0 aromatic rings. The van der Waals surface area contributed by atoms with Crippen LogP contribution >= 0.6 is 0 Å². The summed E-state index contributed by atoms with van der Waals surface area (Å²) >= 11 is 0. The highest BCUT2D eigenvalue weighted by atomic mass is 16.5. The smallest absolute Gasteiger partial charge is 0.326 e. The van der Waals surface area contributed by atoms with Crippen LogP contribution in [0.15, 0.2) is 0 Å². The van der Waals surface area contributed by atoms with Crippen molar-refractivity contribution in [3.05, 3.63) is 0 Å². The monoisotopic (exact) mass is 231 g/mol. The molecule has 1 unspecified atom stereocenters. The second-order valence-electron chi connectivity index (χ2n) is 4.77. The number of methoxy groups -OCH3 is 1. The lowest BCUT2D eigenvalue weighted by molar-refractivity contribution is -0.144. The maximum Gasteiger partial charge on any atom is 0.326 e. The van der Waals surface area contributed by atoms with Gasteiger partial charge in [0.25, 0.3) is 0 Å². The van der Waals surface area contributed by atoms with Crippen LogP contribution in [0, 0.1) is 5.92 Å². The zero-order valence-electron chi connectivity index (χ0n) is 10.5. The first kappa shape index (κ1) is 14.9. The van der Waals surface area contributed by atoms with E-state index >= 15 is 0 Å². The highest BCUT2D eigenvalue weighted by Crippen LogP contribution is 2.13. The van der Waals surface area contributed by atoms with Gasteiger partial charge < -0.3 is 15.2 Å². The molecule has 0 aliphatic rings. The Balaban J connectivity index is 4.37. The molecule has 0 bridgehead atoms. The average molecular weight is 231 g/mol. The van der Waals surface area contributed by atoms with Gasteiger partial charge in [0.05, 0.1) is 12.0 Å². The Kier molecular flexibility index (Phi) is 5.44. The summed E-state index contributed by atoms with van der Waals surface area (Å²) < 4.78 is 5.10. The van der Waals surface area contributed by atoms with Gasteiger partial charge in [-0.15, -0.1) is 0 Å². The molecule has 0 aromatic heterocycles. The van der Waals surface area contributed by atoms with Crippen LogP contribution in [-0.2, 0) is 14.3 Å². The van der Waals surface area contributed by atoms with E-state index in [9.17, 15) is 9.59 Å². The number of hydrogen-bond donors (Lipinski definition) is 2. The topological polar surface area (TPSA) is 75.6 Å². The van der Waals surface area contributed by atoms with E-state index in [-0.39, 0.29) is 18.2 Å². The predicted octanol–water partition coefficient (Wildman–Crippen LogP) is 1.03. The first-order chi connectivity index (χ1) is 7.19. The number of rotatable bonds is 6. The number of aliphatic carboxylic acids is 1. The van der Waals surface area contributed by atoms with Crippen LogP contribution in [0.4, 0.5) is 0 Å². The second kappa shape index (κ2) is 5.84. The van der Waals surface area contributed by atoms with E-state index in [1.807, 2.05) is 0 Å². The van der Waals surface area contributed by atoms with Crippen molar-refractivity contribution in [3.63, 3.8) is 0 Å². The Morgan fingerprint density at radius 1 is 1.38 bits per heavy atom. The molecule has 16 heavy (non-hydrogen) atoms. The van der Waals surface area contributed by atoms with Crippen LogP contribution in [0.25, 0.3) is 0 Å². The van der Waals surface area contributed by atoms with E-state index in [2.05, 4.69) is 5.32 Å². The van der Waals surface area contributed by atoms with Crippen LogP contribution < -0.4 is 5.32 Å². The van der Waals surface area contributed by atoms with Crippen LogP contribution in [-0.4, -0.2) is 35.7 Å². The lowest BCUT2D eigenvalue weighted by Crippen LogP contribution is -2.46. The first-order valence-corrected chi connectivity index (χ1v) is 5.27. The minimum Gasteiger partial charge on any atom is -0.480 e. The third-order valence-corrected chi connectivity index (χ3v) is 2.39. The third-order valence-electron chi connectivity index (χ3n) is 2.39. The highest BCUT2D eigenvalue weighted by molar-refractivity contribution is 5.84. The van der Waals surface area contributed by atoms with Crippen molar-refractivity contribution >= 4 is 11.9 Å². The van der Waals surface area contributed by atoms with Crippen molar-refractivity contribution in [3.8, 4) is 0 Å². The molecule has 0 radical (unpaired) electrons. The van der Waals surface area contributed by atoms with Gasteiger partial charge in [-0.05, 0) is 19.8 Å². The molecule has 0 fully saturated rings. The Bertz CT molecular complexity index is 261. The molecule has 94 valence electrons. The fraction of sp³-hybridized carbons (Fsp3) is 0.818. The van der Waals surface area contributed by atoms with Gasteiger partial charge in [-0.3, -0.25) is 4.79 Å². The zero-order chi connectivity index (χ0) is 12.9. The molecular formula is C11H21NO4. The largest absolute Gasteiger partial charge is 0.480 e. The molecule has 1 atom stereocenters. The molecule has 0 aliphatic heterocycles. The molecule has 0 aliphatic carbocycles. The number of nitrogens with one attached hydrogen (secondary N) is 1. The normalized spacial score (nSPS) is 13.6. The van der Waals surface area contributed by atoms with Gasteiger partial charge in [-0.2, -0.15) is 0 Å². The highest BCUT2D eigenvalue weighted by Gasteiger charge is 2.27. The third kappa shape index (κ3) is 5.11. The average Bonchev–Trinajstić information content (AvgIpc) is 2.12. The van der Waals surface area contributed by atoms with Crippen molar-refractivity contribution in [2.24, 2.45) is 5.92 Å². The van der Waals surface area contributed by atoms with Crippen molar-refractivity contribution in [2.45, 2.75) is 45.8 Å². The minimum atomic E-state index is -1.02. The maximum atomic E-state index is 11.6. The van der Waals surface area contributed by atoms with Gasteiger partial charge in [0.1, 0.15) is 6.04 Å². The molecule has 0 heterocycles. The zero-order valence-corrected chi connectivity index (χ0v) is 10.5.